The van der Waals surface area contributed by atoms with Crippen molar-refractivity contribution in [2.45, 2.75) is 50.8 Å². The molecule has 2 aliphatic heterocycles. The molecule has 0 spiro atoms. The number of hydrogen-bond acceptors (Lipinski definition) is 5. The number of carboxylic acids is 1. The third-order valence-electron chi connectivity index (χ3n) is 9.17. The number of aromatic carboxylic acids is 1. The van der Waals surface area contributed by atoms with Gasteiger partial charge in [0.05, 0.1) is 29.9 Å². The number of fused-ring (bicyclic) bond motifs is 2. The zero-order valence-corrected chi connectivity index (χ0v) is 25.3. The van der Waals surface area contributed by atoms with E-state index >= 15 is 4.39 Å². The van der Waals surface area contributed by atoms with Crippen LogP contribution in [0.1, 0.15) is 70.6 Å². The van der Waals surface area contributed by atoms with Crippen LogP contribution in [0.2, 0.25) is 10.0 Å². The van der Waals surface area contributed by atoms with Crippen molar-refractivity contribution in [3.05, 3.63) is 92.9 Å². The number of hydrogen-bond donors (Lipinski definition) is 1. The predicted octanol–water partition coefficient (Wildman–Crippen LogP) is 8.01. The Hall–Kier alpha value is -3.53. The fraction of sp³-hybridized carbons (Fsp3) is 0.364. The molecule has 44 heavy (non-hydrogen) atoms. The van der Waals surface area contributed by atoms with E-state index in [2.05, 4.69) is 9.88 Å². The minimum Gasteiger partial charge on any atom is -0.480 e. The number of nitrogens with zero attached hydrogens (tertiary/aromatic N) is 4. The summed E-state index contributed by atoms with van der Waals surface area (Å²) in [6.07, 6.45) is 5.33. The summed E-state index contributed by atoms with van der Waals surface area (Å²) in [5.74, 6) is 0.0520. The van der Waals surface area contributed by atoms with Gasteiger partial charge in [-0.25, -0.2) is 19.2 Å². The minimum atomic E-state index is -1.06. The molecule has 11 heteroatoms. The average Bonchev–Trinajstić information content (AvgIpc) is 3.72. The van der Waals surface area contributed by atoms with Gasteiger partial charge in [-0.3, -0.25) is 9.29 Å². The number of carboxylic acid groups (broad SMARTS) is 1. The van der Waals surface area contributed by atoms with E-state index in [0.717, 1.165) is 50.2 Å². The van der Waals surface area contributed by atoms with Crippen molar-refractivity contribution >= 4 is 46.2 Å². The number of alkyl halides is 1. The summed E-state index contributed by atoms with van der Waals surface area (Å²) >= 11 is 12.5. The molecule has 228 valence electrons. The van der Waals surface area contributed by atoms with Crippen LogP contribution < -0.4 is 4.74 Å². The number of rotatable bonds is 8. The number of likely N-dealkylation sites (tertiary alicyclic amines) is 1. The van der Waals surface area contributed by atoms with Gasteiger partial charge in [0.1, 0.15) is 23.5 Å². The number of benzene rings is 2. The largest absolute Gasteiger partial charge is 0.480 e. The molecule has 1 aliphatic carbocycles. The molecule has 1 N–H and O–H groups in total. The first kappa shape index (κ1) is 29.2. The highest BCUT2D eigenvalue weighted by Gasteiger charge is 2.44. The molecule has 1 saturated carbocycles. The molecular weight excluding hydrogens is 609 g/mol. The van der Waals surface area contributed by atoms with Gasteiger partial charge in [0.2, 0.25) is 0 Å². The fourth-order valence-corrected chi connectivity index (χ4v) is 6.90. The summed E-state index contributed by atoms with van der Waals surface area (Å²) in [5, 5.41) is 10.4. The van der Waals surface area contributed by atoms with Crippen molar-refractivity contribution in [3.63, 3.8) is 0 Å². The summed E-state index contributed by atoms with van der Waals surface area (Å²) in [6.45, 7) is 2.09. The molecule has 2 aromatic heterocycles. The van der Waals surface area contributed by atoms with Crippen LogP contribution in [-0.4, -0.2) is 50.3 Å². The van der Waals surface area contributed by atoms with E-state index in [1.807, 2.05) is 16.7 Å². The smallest absolute Gasteiger partial charge is 0.337 e. The van der Waals surface area contributed by atoms with Gasteiger partial charge in [-0.1, -0.05) is 41.4 Å². The van der Waals surface area contributed by atoms with Crippen molar-refractivity contribution in [3.8, 4) is 5.75 Å². The molecule has 0 radical (unpaired) electrons. The number of imidazole rings is 1. The highest BCUT2D eigenvalue weighted by molar-refractivity contribution is 6.35. The second-order valence-electron chi connectivity index (χ2n) is 12.1. The van der Waals surface area contributed by atoms with Gasteiger partial charge in [-0.2, -0.15) is 0 Å². The van der Waals surface area contributed by atoms with E-state index < -0.39 is 24.2 Å². The Morgan fingerprint density at radius 1 is 1.11 bits per heavy atom. The van der Waals surface area contributed by atoms with Crippen molar-refractivity contribution in [1.29, 1.82) is 0 Å². The minimum absolute atomic E-state index is 0.0800. The topological polar surface area (TPSA) is 80.5 Å². The van der Waals surface area contributed by atoms with Gasteiger partial charge >= 0.3 is 5.97 Å². The lowest BCUT2D eigenvalue weighted by atomic mass is 9.86. The first-order valence-corrected chi connectivity index (χ1v) is 15.5. The molecule has 4 aromatic rings. The number of carbonyl (C=O) groups is 1. The van der Waals surface area contributed by atoms with E-state index in [0.29, 0.717) is 51.2 Å². The second-order valence-corrected chi connectivity index (χ2v) is 13.0. The maximum Gasteiger partial charge on any atom is 0.337 e. The maximum absolute atomic E-state index is 15.4. The van der Waals surface area contributed by atoms with Crippen LogP contribution in [0, 0.1) is 5.41 Å². The lowest BCUT2D eigenvalue weighted by molar-refractivity contribution is 0.0696. The third kappa shape index (κ3) is 5.46. The predicted molar refractivity (Wildman–Crippen MR) is 165 cm³/mol. The number of pyridine rings is 1. The van der Waals surface area contributed by atoms with Gasteiger partial charge in [0, 0.05) is 33.8 Å². The fourth-order valence-electron chi connectivity index (χ4n) is 6.38. The van der Waals surface area contributed by atoms with E-state index in [1.54, 1.807) is 30.3 Å². The van der Waals surface area contributed by atoms with Crippen LogP contribution in [0.5, 0.6) is 5.75 Å². The highest BCUT2D eigenvalue weighted by Crippen LogP contribution is 2.48. The van der Waals surface area contributed by atoms with Crippen molar-refractivity contribution in [2.24, 2.45) is 5.41 Å². The van der Waals surface area contributed by atoms with Crippen LogP contribution in [0.15, 0.2) is 54.7 Å². The molecule has 4 heterocycles. The molecular formula is C33H30Cl2F2N4O3. The number of para-hydroxylation sites is 1. The SMILES string of the molecule is O=C(O)c1cnc2nc(CN3CCC(c4cccc5c4O[C@H](c4ccc(Cl)cc4Cl)C=C5F)CC3)n(CC3(CF)CC3)c2c1. The van der Waals surface area contributed by atoms with Crippen LogP contribution in [-0.2, 0) is 13.1 Å². The van der Waals surface area contributed by atoms with Crippen LogP contribution in [0.3, 0.4) is 0 Å². The molecule has 1 saturated heterocycles. The molecule has 0 amide bonds. The van der Waals surface area contributed by atoms with E-state index in [-0.39, 0.29) is 17.3 Å². The molecule has 7 nitrogen and oxygen atoms in total. The summed E-state index contributed by atoms with van der Waals surface area (Å²) in [6, 6.07) is 12.3. The van der Waals surface area contributed by atoms with E-state index in [1.165, 1.54) is 12.3 Å². The highest BCUT2D eigenvalue weighted by atomic mass is 35.5. The zero-order valence-electron chi connectivity index (χ0n) is 23.8. The molecule has 0 bridgehead atoms. The Bertz CT molecular complexity index is 1800. The Morgan fingerprint density at radius 2 is 1.91 bits per heavy atom. The third-order valence-corrected chi connectivity index (χ3v) is 9.73. The maximum atomic E-state index is 15.4. The van der Waals surface area contributed by atoms with Crippen LogP contribution in [0.4, 0.5) is 8.78 Å². The molecule has 0 unspecified atom stereocenters. The molecule has 1 atom stereocenters. The number of halogens is 4. The Balaban J connectivity index is 1.10. The van der Waals surface area contributed by atoms with E-state index in [4.69, 9.17) is 32.9 Å². The lowest BCUT2D eigenvalue weighted by Gasteiger charge is -2.34. The molecule has 7 rings (SSSR count). The molecule has 3 aliphatic rings. The Labute approximate surface area is 263 Å². The van der Waals surface area contributed by atoms with Gasteiger partial charge in [-0.05, 0) is 80.6 Å². The second kappa shape index (κ2) is 11.4. The van der Waals surface area contributed by atoms with E-state index in [9.17, 15) is 14.3 Å². The first-order chi connectivity index (χ1) is 21.2. The monoisotopic (exact) mass is 638 g/mol. The number of ether oxygens (including phenoxy) is 1. The van der Waals surface area contributed by atoms with Crippen molar-refractivity contribution in [1.82, 2.24) is 19.4 Å². The first-order valence-electron chi connectivity index (χ1n) is 14.7. The van der Waals surface area contributed by atoms with Crippen LogP contribution in [0.25, 0.3) is 17.0 Å². The van der Waals surface area contributed by atoms with Gasteiger partial charge in [-0.15, -0.1) is 0 Å². The van der Waals surface area contributed by atoms with Gasteiger partial charge < -0.3 is 14.4 Å². The number of aromatic nitrogens is 3. The van der Waals surface area contributed by atoms with Gasteiger partial charge in [0.15, 0.2) is 5.65 Å². The van der Waals surface area contributed by atoms with Crippen LogP contribution >= 0.6 is 23.2 Å². The van der Waals surface area contributed by atoms with Gasteiger partial charge in [0.25, 0.3) is 0 Å². The summed E-state index contributed by atoms with van der Waals surface area (Å²) < 4.78 is 37.6. The normalized spacial score (nSPS) is 19.8. The van der Waals surface area contributed by atoms with Crippen molar-refractivity contribution in [2.75, 3.05) is 19.8 Å². The summed E-state index contributed by atoms with van der Waals surface area (Å²) in [7, 11) is 0. The summed E-state index contributed by atoms with van der Waals surface area (Å²) in [5.41, 5.74) is 2.80. The van der Waals surface area contributed by atoms with Crippen molar-refractivity contribution < 1.29 is 23.4 Å². The Kier molecular flexibility index (Phi) is 7.59. The standard InChI is InChI=1S/C33H30Cl2F2N4O3/c34-21-4-5-23(25(35)13-21)28-14-26(37)24-3-1-2-22(30(24)44-28)19-6-10-40(11-7-19)16-29-39-31-27(12-20(15-38-31)32(42)43)41(29)18-33(17-36)8-9-33/h1-5,12-15,19,28H,6-11,16-18H2,(H,42,43)/t28-/m0/s1. The molecule has 2 aromatic carbocycles. The number of piperidine rings is 1. The quantitative estimate of drug-likeness (QED) is 0.211. The zero-order chi connectivity index (χ0) is 30.6. The lowest BCUT2D eigenvalue weighted by Crippen LogP contribution is -2.34. The molecule has 2 fully saturated rings. The average molecular weight is 640 g/mol. The summed E-state index contributed by atoms with van der Waals surface area (Å²) in [4.78, 5) is 23.0. The Morgan fingerprint density at radius 3 is 2.61 bits per heavy atom.